The molecule has 1 saturated heterocycles. The van der Waals surface area contributed by atoms with Crippen molar-refractivity contribution in [2.75, 3.05) is 4.90 Å². The summed E-state index contributed by atoms with van der Waals surface area (Å²) in [5.41, 5.74) is 0.521. The average molecular weight is 366 g/mol. The highest BCUT2D eigenvalue weighted by molar-refractivity contribution is 7.10. The maximum Gasteiger partial charge on any atom is 0.301 e. The summed E-state index contributed by atoms with van der Waals surface area (Å²) in [6, 6.07) is 13.2. The molecule has 0 aliphatic carbocycles. The normalized spacial score (nSPS) is 19.3. The quantitative estimate of drug-likeness (QED) is 0.434. The monoisotopic (exact) mass is 366 g/mol. The zero-order chi connectivity index (χ0) is 18.3. The molecule has 1 aromatic carbocycles. The number of carbonyl (C=O) groups excluding carboxylic acids is 2. The van der Waals surface area contributed by atoms with Crippen LogP contribution >= 0.6 is 11.3 Å². The lowest BCUT2D eigenvalue weighted by Gasteiger charge is -2.21. The Morgan fingerprint density at radius 2 is 1.96 bits per heavy atom. The van der Waals surface area contributed by atoms with Crippen LogP contribution in [0, 0.1) is 6.92 Å². The van der Waals surface area contributed by atoms with E-state index in [9.17, 15) is 14.7 Å². The second kappa shape index (κ2) is 6.27. The minimum Gasteiger partial charge on any atom is -0.507 e. The van der Waals surface area contributed by atoms with E-state index >= 15 is 0 Å². The van der Waals surface area contributed by atoms with Gasteiger partial charge in [-0.1, -0.05) is 41.6 Å². The van der Waals surface area contributed by atoms with Crippen LogP contribution in [0.4, 0.5) is 5.82 Å². The standard InChI is InChI=1S/C19H14N2O4S/c1-11-10-14(20-25-11)21-16(13-8-5-9-26-13)15(18(23)19(21)24)17(22)12-6-3-2-4-7-12/h2-10,16,22H,1H3/b17-15-/t16-/m1/s1. The van der Waals surface area contributed by atoms with Crippen LogP contribution in [0.5, 0.6) is 0 Å². The van der Waals surface area contributed by atoms with Gasteiger partial charge < -0.3 is 9.63 Å². The van der Waals surface area contributed by atoms with E-state index in [1.165, 1.54) is 16.2 Å². The summed E-state index contributed by atoms with van der Waals surface area (Å²) >= 11 is 1.40. The number of amides is 1. The summed E-state index contributed by atoms with van der Waals surface area (Å²) in [5, 5.41) is 16.5. The minimum absolute atomic E-state index is 0.0457. The van der Waals surface area contributed by atoms with Gasteiger partial charge in [-0.3, -0.25) is 14.5 Å². The second-order valence-electron chi connectivity index (χ2n) is 5.85. The average Bonchev–Trinajstić information content (AvgIpc) is 3.37. The third-order valence-electron chi connectivity index (χ3n) is 4.17. The number of aliphatic hydroxyl groups excluding tert-OH is 1. The van der Waals surface area contributed by atoms with Crippen LogP contribution in [-0.4, -0.2) is 22.0 Å². The fourth-order valence-electron chi connectivity index (χ4n) is 3.00. The third kappa shape index (κ3) is 2.53. The van der Waals surface area contributed by atoms with Gasteiger partial charge in [0, 0.05) is 16.5 Å². The van der Waals surface area contributed by atoms with Crippen molar-refractivity contribution in [3.63, 3.8) is 0 Å². The topological polar surface area (TPSA) is 83.6 Å². The molecular formula is C19H14N2O4S. The van der Waals surface area contributed by atoms with Gasteiger partial charge in [-0.15, -0.1) is 11.3 Å². The molecule has 1 amide bonds. The fraction of sp³-hybridized carbons (Fsp3) is 0.105. The molecule has 26 heavy (non-hydrogen) atoms. The van der Waals surface area contributed by atoms with Crippen LogP contribution in [0.3, 0.4) is 0 Å². The number of aryl methyl sites for hydroxylation is 1. The third-order valence-corrected chi connectivity index (χ3v) is 5.09. The number of rotatable bonds is 3. The van der Waals surface area contributed by atoms with Gasteiger partial charge in [0.2, 0.25) is 0 Å². The van der Waals surface area contributed by atoms with Crippen LogP contribution in [-0.2, 0) is 9.59 Å². The van der Waals surface area contributed by atoms with Gasteiger partial charge in [-0.25, -0.2) is 0 Å². The predicted octanol–water partition coefficient (Wildman–Crippen LogP) is 3.67. The van der Waals surface area contributed by atoms with Crippen molar-refractivity contribution in [3.8, 4) is 0 Å². The zero-order valence-electron chi connectivity index (χ0n) is 13.7. The van der Waals surface area contributed by atoms with Gasteiger partial charge in [0.25, 0.3) is 5.78 Å². The molecule has 1 aliphatic rings. The van der Waals surface area contributed by atoms with Crippen molar-refractivity contribution in [2.24, 2.45) is 0 Å². The van der Waals surface area contributed by atoms with Crippen LogP contribution in [0.2, 0.25) is 0 Å². The number of carbonyl (C=O) groups is 2. The highest BCUT2D eigenvalue weighted by Crippen LogP contribution is 2.43. The molecule has 0 saturated carbocycles. The molecule has 0 unspecified atom stereocenters. The molecule has 1 N–H and O–H groups in total. The first-order chi connectivity index (χ1) is 12.6. The summed E-state index contributed by atoms with van der Waals surface area (Å²) in [6.45, 7) is 1.71. The Balaban J connectivity index is 1.93. The van der Waals surface area contributed by atoms with Gasteiger partial charge in [0.1, 0.15) is 17.6 Å². The Bertz CT molecular complexity index is 1010. The molecule has 7 heteroatoms. The van der Waals surface area contributed by atoms with Gasteiger partial charge in [-0.05, 0) is 18.4 Å². The summed E-state index contributed by atoms with van der Waals surface area (Å²) in [4.78, 5) is 27.5. The molecule has 0 spiro atoms. The van der Waals surface area contributed by atoms with Crippen molar-refractivity contribution in [2.45, 2.75) is 13.0 Å². The van der Waals surface area contributed by atoms with Crippen LogP contribution in [0.15, 0.2) is 64.0 Å². The van der Waals surface area contributed by atoms with E-state index in [-0.39, 0.29) is 17.2 Å². The predicted molar refractivity (Wildman–Crippen MR) is 96.8 cm³/mol. The van der Waals surface area contributed by atoms with Crippen molar-refractivity contribution >= 4 is 34.6 Å². The van der Waals surface area contributed by atoms with E-state index in [2.05, 4.69) is 5.16 Å². The van der Waals surface area contributed by atoms with E-state index < -0.39 is 17.7 Å². The Morgan fingerprint density at radius 1 is 1.19 bits per heavy atom. The van der Waals surface area contributed by atoms with Crippen molar-refractivity contribution < 1.29 is 19.2 Å². The second-order valence-corrected chi connectivity index (χ2v) is 6.83. The van der Waals surface area contributed by atoms with Crippen molar-refractivity contribution in [1.29, 1.82) is 0 Å². The Morgan fingerprint density at radius 3 is 2.58 bits per heavy atom. The summed E-state index contributed by atoms with van der Waals surface area (Å²) < 4.78 is 5.08. The molecule has 3 heterocycles. The number of hydrogen-bond acceptors (Lipinski definition) is 6. The number of aliphatic hydroxyl groups is 1. The summed E-state index contributed by atoms with van der Waals surface area (Å²) in [5.74, 6) is -0.922. The van der Waals surface area contributed by atoms with Gasteiger partial charge in [-0.2, -0.15) is 0 Å². The molecule has 1 atom stereocenters. The van der Waals surface area contributed by atoms with Crippen LogP contribution in [0.1, 0.15) is 22.2 Å². The van der Waals surface area contributed by atoms with Gasteiger partial charge in [0.05, 0.1) is 5.57 Å². The number of ketones is 1. The number of aromatic nitrogens is 1. The molecule has 1 aliphatic heterocycles. The van der Waals surface area contributed by atoms with Crippen LogP contribution < -0.4 is 4.90 Å². The number of Topliss-reactive ketones (excluding diaryl/α,β-unsaturated/α-hetero) is 1. The minimum atomic E-state index is -0.750. The van der Waals surface area contributed by atoms with Gasteiger partial charge in [0.15, 0.2) is 5.82 Å². The maximum absolute atomic E-state index is 12.8. The first kappa shape index (κ1) is 16.3. The lowest BCUT2D eigenvalue weighted by Crippen LogP contribution is -2.29. The first-order valence-corrected chi connectivity index (χ1v) is 8.79. The SMILES string of the molecule is Cc1cc(N2C(=O)C(=O)/C(=C(\O)c3ccccc3)[C@H]2c2cccs2)no1. The fourth-order valence-corrected chi connectivity index (χ4v) is 3.83. The van der Waals surface area contributed by atoms with Crippen molar-refractivity contribution in [1.82, 2.24) is 5.16 Å². The highest BCUT2D eigenvalue weighted by Gasteiger charge is 2.48. The Hall–Kier alpha value is -3.19. The molecule has 0 bridgehead atoms. The molecule has 3 aromatic rings. The first-order valence-electron chi connectivity index (χ1n) is 7.91. The molecule has 0 radical (unpaired) electrons. The summed E-state index contributed by atoms with van der Waals surface area (Å²) in [7, 11) is 0. The molecule has 2 aromatic heterocycles. The molecule has 130 valence electrons. The van der Waals surface area contributed by atoms with Crippen molar-refractivity contribution in [3.05, 3.63) is 75.7 Å². The molecule has 1 fully saturated rings. The lowest BCUT2D eigenvalue weighted by atomic mass is 10.00. The molecule has 4 rings (SSSR count). The number of anilines is 1. The molecular weight excluding hydrogens is 352 g/mol. The largest absolute Gasteiger partial charge is 0.507 e. The van der Waals surface area contributed by atoms with E-state index in [1.54, 1.807) is 37.3 Å². The number of nitrogens with zero attached hydrogens (tertiary/aromatic N) is 2. The molecule has 6 nitrogen and oxygen atoms in total. The lowest BCUT2D eigenvalue weighted by molar-refractivity contribution is -0.132. The van der Waals surface area contributed by atoms with Crippen LogP contribution in [0.25, 0.3) is 5.76 Å². The van der Waals surface area contributed by atoms with E-state index in [1.807, 2.05) is 23.6 Å². The highest BCUT2D eigenvalue weighted by atomic mass is 32.1. The Kier molecular flexibility index (Phi) is 3.93. The number of thiophene rings is 1. The summed E-state index contributed by atoms with van der Waals surface area (Å²) in [6.07, 6.45) is 0. The number of hydrogen-bond donors (Lipinski definition) is 1. The van der Waals surface area contributed by atoms with E-state index in [0.717, 1.165) is 4.88 Å². The smallest absolute Gasteiger partial charge is 0.301 e. The van der Waals surface area contributed by atoms with E-state index in [4.69, 9.17) is 4.52 Å². The maximum atomic E-state index is 12.8. The zero-order valence-corrected chi connectivity index (χ0v) is 14.6. The number of benzene rings is 1. The Labute approximate surface area is 153 Å². The van der Waals surface area contributed by atoms with Gasteiger partial charge >= 0.3 is 5.91 Å². The van der Waals surface area contributed by atoms with E-state index in [0.29, 0.717) is 11.3 Å².